The van der Waals surface area contributed by atoms with Crippen molar-refractivity contribution < 1.29 is 4.79 Å². The lowest BCUT2D eigenvalue weighted by Gasteiger charge is -2.46. The maximum atomic E-state index is 11.1. The largest absolute Gasteiger partial charge is 0.359 e. The van der Waals surface area contributed by atoms with E-state index in [0.29, 0.717) is 0 Å². The molecule has 1 heterocycles. The third-order valence-corrected chi connectivity index (χ3v) is 2.45. The fourth-order valence-electron chi connectivity index (χ4n) is 1.40. The van der Waals surface area contributed by atoms with Gasteiger partial charge in [0.2, 0.25) is 5.91 Å². The molecule has 1 N–H and O–H groups in total. The Hall–Kier alpha value is -0.570. The fraction of sp³-hybridized carbons (Fsp3) is 0.889. The van der Waals surface area contributed by atoms with E-state index in [1.54, 1.807) is 7.05 Å². The zero-order valence-corrected chi connectivity index (χ0v) is 8.35. The van der Waals surface area contributed by atoms with Gasteiger partial charge >= 0.3 is 0 Å². The Morgan fingerprint density at radius 3 is 2.25 bits per heavy atom. The Balaban J connectivity index is 2.34. The van der Waals surface area contributed by atoms with E-state index in [1.165, 1.54) is 0 Å². The van der Waals surface area contributed by atoms with Gasteiger partial charge in [0.1, 0.15) is 0 Å². The zero-order valence-electron chi connectivity index (χ0n) is 8.35. The zero-order chi connectivity index (χ0) is 9.35. The molecule has 0 bridgehead atoms. The van der Waals surface area contributed by atoms with Crippen molar-refractivity contribution in [3.8, 4) is 0 Å². The van der Waals surface area contributed by atoms with Crippen molar-refractivity contribution in [3.63, 3.8) is 0 Å². The minimum absolute atomic E-state index is 0.176. The number of likely N-dealkylation sites (tertiary alicyclic amines) is 1. The molecule has 0 aliphatic carbocycles. The Bertz CT molecular complexity index is 177. The van der Waals surface area contributed by atoms with Crippen LogP contribution in [0.15, 0.2) is 0 Å². The Labute approximate surface area is 74.1 Å². The van der Waals surface area contributed by atoms with Gasteiger partial charge in [-0.05, 0) is 20.8 Å². The molecular weight excluding hydrogens is 152 g/mol. The fourth-order valence-corrected chi connectivity index (χ4v) is 1.40. The Morgan fingerprint density at radius 2 is 1.92 bits per heavy atom. The molecule has 3 nitrogen and oxygen atoms in total. The lowest BCUT2D eigenvalue weighted by Crippen LogP contribution is -2.59. The molecule has 0 unspecified atom stereocenters. The lowest BCUT2D eigenvalue weighted by molar-refractivity contribution is -0.132. The monoisotopic (exact) mass is 170 g/mol. The summed E-state index contributed by atoms with van der Waals surface area (Å²) in [7, 11) is 1.70. The van der Waals surface area contributed by atoms with Crippen LogP contribution < -0.4 is 5.32 Å². The SMILES string of the molecule is CNC(=O)C1CN(C(C)(C)C)C1. The average molecular weight is 170 g/mol. The summed E-state index contributed by atoms with van der Waals surface area (Å²) >= 11 is 0. The highest BCUT2D eigenvalue weighted by Gasteiger charge is 2.37. The van der Waals surface area contributed by atoms with E-state index in [0.717, 1.165) is 13.1 Å². The third-order valence-electron chi connectivity index (χ3n) is 2.45. The van der Waals surface area contributed by atoms with Gasteiger partial charge in [0.15, 0.2) is 0 Å². The third kappa shape index (κ3) is 1.78. The molecule has 1 rings (SSSR count). The maximum Gasteiger partial charge on any atom is 0.225 e. The van der Waals surface area contributed by atoms with Gasteiger partial charge < -0.3 is 5.32 Å². The number of nitrogens with zero attached hydrogens (tertiary/aromatic N) is 1. The average Bonchev–Trinajstić information content (AvgIpc) is 1.80. The molecule has 0 aromatic heterocycles. The maximum absolute atomic E-state index is 11.1. The molecule has 0 aromatic carbocycles. The first kappa shape index (κ1) is 9.52. The van der Waals surface area contributed by atoms with Gasteiger partial charge in [-0.15, -0.1) is 0 Å². The molecule has 0 atom stereocenters. The van der Waals surface area contributed by atoms with Crippen LogP contribution in [0.4, 0.5) is 0 Å². The van der Waals surface area contributed by atoms with Crippen molar-refractivity contribution >= 4 is 5.91 Å². The summed E-state index contributed by atoms with van der Waals surface area (Å²) in [6.45, 7) is 8.33. The summed E-state index contributed by atoms with van der Waals surface area (Å²) in [6, 6.07) is 0. The van der Waals surface area contributed by atoms with Crippen molar-refractivity contribution in [1.29, 1.82) is 0 Å². The number of amides is 1. The topological polar surface area (TPSA) is 32.3 Å². The normalized spacial score (nSPS) is 20.3. The summed E-state index contributed by atoms with van der Waals surface area (Å²) in [6.07, 6.45) is 0. The molecular formula is C9H18N2O. The van der Waals surface area contributed by atoms with E-state index >= 15 is 0 Å². The van der Waals surface area contributed by atoms with E-state index in [9.17, 15) is 4.79 Å². The molecule has 1 aliphatic heterocycles. The van der Waals surface area contributed by atoms with E-state index < -0.39 is 0 Å². The van der Waals surface area contributed by atoms with Crippen LogP contribution >= 0.6 is 0 Å². The molecule has 1 amide bonds. The molecule has 0 saturated carbocycles. The second-order valence-electron chi connectivity index (χ2n) is 4.39. The van der Waals surface area contributed by atoms with Crippen LogP contribution in [0.1, 0.15) is 20.8 Å². The summed E-state index contributed by atoms with van der Waals surface area (Å²) in [4.78, 5) is 13.4. The predicted molar refractivity (Wildman–Crippen MR) is 48.9 cm³/mol. The van der Waals surface area contributed by atoms with Crippen LogP contribution in [0.2, 0.25) is 0 Å². The van der Waals surface area contributed by atoms with Gasteiger partial charge in [0, 0.05) is 25.7 Å². The summed E-state index contributed by atoms with van der Waals surface area (Å²) in [5.41, 5.74) is 0.213. The first-order valence-corrected chi connectivity index (χ1v) is 4.42. The molecule has 1 saturated heterocycles. The van der Waals surface area contributed by atoms with Gasteiger partial charge in [0.05, 0.1) is 5.92 Å². The van der Waals surface area contributed by atoms with Crippen molar-refractivity contribution in [2.75, 3.05) is 20.1 Å². The number of hydrogen-bond donors (Lipinski definition) is 1. The Kier molecular flexibility index (Phi) is 2.42. The number of nitrogens with one attached hydrogen (secondary N) is 1. The summed E-state index contributed by atoms with van der Waals surface area (Å²) in [5, 5.41) is 2.67. The van der Waals surface area contributed by atoms with Crippen LogP contribution in [-0.4, -0.2) is 36.5 Å². The van der Waals surface area contributed by atoms with E-state index in [1.807, 2.05) is 0 Å². The van der Waals surface area contributed by atoms with Gasteiger partial charge in [-0.25, -0.2) is 0 Å². The highest BCUT2D eigenvalue weighted by atomic mass is 16.1. The lowest BCUT2D eigenvalue weighted by atomic mass is 9.92. The van der Waals surface area contributed by atoms with Gasteiger partial charge in [0.25, 0.3) is 0 Å². The minimum Gasteiger partial charge on any atom is -0.359 e. The first-order chi connectivity index (χ1) is 5.45. The number of rotatable bonds is 1. The summed E-state index contributed by atoms with van der Waals surface area (Å²) < 4.78 is 0. The van der Waals surface area contributed by atoms with E-state index in [-0.39, 0.29) is 17.4 Å². The van der Waals surface area contributed by atoms with E-state index in [2.05, 4.69) is 31.0 Å². The van der Waals surface area contributed by atoms with Crippen LogP contribution in [0.25, 0.3) is 0 Å². The molecule has 0 spiro atoms. The molecule has 70 valence electrons. The van der Waals surface area contributed by atoms with Gasteiger partial charge in [-0.1, -0.05) is 0 Å². The van der Waals surface area contributed by atoms with Crippen LogP contribution in [0.5, 0.6) is 0 Å². The van der Waals surface area contributed by atoms with Crippen molar-refractivity contribution in [2.24, 2.45) is 5.92 Å². The second-order valence-corrected chi connectivity index (χ2v) is 4.39. The van der Waals surface area contributed by atoms with E-state index in [4.69, 9.17) is 0 Å². The van der Waals surface area contributed by atoms with Gasteiger partial charge in [-0.2, -0.15) is 0 Å². The summed E-state index contributed by atoms with van der Waals surface area (Å²) in [5.74, 6) is 0.393. The standard InChI is InChI=1S/C9H18N2O/c1-9(2,3)11-5-7(6-11)8(12)10-4/h7H,5-6H2,1-4H3,(H,10,12). The van der Waals surface area contributed by atoms with Crippen LogP contribution in [0.3, 0.4) is 0 Å². The second kappa shape index (κ2) is 3.05. The molecule has 0 radical (unpaired) electrons. The van der Waals surface area contributed by atoms with Crippen LogP contribution in [-0.2, 0) is 4.79 Å². The first-order valence-electron chi connectivity index (χ1n) is 4.42. The molecule has 3 heteroatoms. The highest BCUT2D eigenvalue weighted by molar-refractivity contribution is 5.79. The molecule has 1 fully saturated rings. The predicted octanol–water partition coefficient (Wildman–Crippen LogP) is 0.463. The Morgan fingerprint density at radius 1 is 1.42 bits per heavy atom. The number of carbonyl (C=O) groups is 1. The van der Waals surface area contributed by atoms with Gasteiger partial charge in [-0.3, -0.25) is 9.69 Å². The van der Waals surface area contributed by atoms with Crippen LogP contribution in [0, 0.1) is 5.92 Å². The van der Waals surface area contributed by atoms with Crippen molar-refractivity contribution in [2.45, 2.75) is 26.3 Å². The smallest absolute Gasteiger partial charge is 0.225 e. The molecule has 0 aromatic rings. The number of hydrogen-bond acceptors (Lipinski definition) is 2. The molecule has 12 heavy (non-hydrogen) atoms. The quantitative estimate of drug-likeness (QED) is 0.620. The minimum atomic E-state index is 0.176. The molecule has 1 aliphatic rings. The van der Waals surface area contributed by atoms with Crippen molar-refractivity contribution in [1.82, 2.24) is 10.2 Å². The van der Waals surface area contributed by atoms with Crippen molar-refractivity contribution in [3.05, 3.63) is 0 Å². The highest BCUT2D eigenvalue weighted by Crippen LogP contribution is 2.24. The number of carbonyl (C=O) groups excluding carboxylic acids is 1.